The van der Waals surface area contributed by atoms with E-state index in [4.69, 9.17) is 0 Å². The van der Waals surface area contributed by atoms with Crippen molar-refractivity contribution >= 4 is 0 Å². The van der Waals surface area contributed by atoms with Crippen LogP contribution >= 0.6 is 0 Å². The molecular formula is C16H30. The van der Waals surface area contributed by atoms with E-state index in [1.807, 2.05) is 0 Å². The van der Waals surface area contributed by atoms with Gasteiger partial charge in [-0.3, -0.25) is 0 Å². The van der Waals surface area contributed by atoms with Gasteiger partial charge in [0.15, 0.2) is 0 Å². The van der Waals surface area contributed by atoms with E-state index in [2.05, 4.69) is 54.2 Å². The summed E-state index contributed by atoms with van der Waals surface area (Å²) in [5.74, 6) is 4.16. The lowest BCUT2D eigenvalue weighted by Crippen LogP contribution is -2.31. The van der Waals surface area contributed by atoms with E-state index in [9.17, 15) is 0 Å². The van der Waals surface area contributed by atoms with Crippen molar-refractivity contribution in [1.82, 2.24) is 0 Å². The second-order valence-electron chi connectivity index (χ2n) is 6.81. The summed E-state index contributed by atoms with van der Waals surface area (Å²) in [5.41, 5.74) is 0.591. The lowest BCUT2D eigenvalue weighted by molar-refractivity contribution is 0.117. The Bertz CT molecular complexity index is 230. The molecule has 1 rings (SSSR count). The maximum absolute atomic E-state index is 3.97. The van der Waals surface area contributed by atoms with Crippen LogP contribution in [0.5, 0.6) is 0 Å². The fourth-order valence-corrected chi connectivity index (χ4v) is 3.86. The summed E-state index contributed by atoms with van der Waals surface area (Å²) in [4.78, 5) is 0. The molecule has 0 bridgehead atoms. The van der Waals surface area contributed by atoms with Crippen LogP contribution in [0.25, 0.3) is 0 Å². The standard InChI is InChI=1S/C16H30/c1-8-9-14(16(7)10-13(16)6)15(11(2)3)12(4)5/h8,11-15H,1,9-10H2,2-7H3. The quantitative estimate of drug-likeness (QED) is 0.545. The normalized spacial score (nSPS) is 31.2. The summed E-state index contributed by atoms with van der Waals surface area (Å²) >= 11 is 0. The first-order valence-electron chi connectivity index (χ1n) is 6.95. The molecule has 1 saturated carbocycles. The van der Waals surface area contributed by atoms with Gasteiger partial charge in [0.1, 0.15) is 0 Å². The summed E-state index contributed by atoms with van der Waals surface area (Å²) in [5, 5.41) is 0. The molecule has 3 atom stereocenters. The van der Waals surface area contributed by atoms with Crippen LogP contribution in [0.1, 0.15) is 54.4 Å². The van der Waals surface area contributed by atoms with E-state index in [1.54, 1.807) is 0 Å². The summed E-state index contributed by atoms with van der Waals surface area (Å²) in [7, 11) is 0. The van der Waals surface area contributed by atoms with Crippen LogP contribution in [0.2, 0.25) is 0 Å². The molecule has 0 nitrogen and oxygen atoms in total. The molecule has 3 unspecified atom stereocenters. The largest absolute Gasteiger partial charge is 0.103 e. The molecule has 1 fully saturated rings. The van der Waals surface area contributed by atoms with Crippen LogP contribution in [0.15, 0.2) is 12.7 Å². The molecule has 0 saturated heterocycles. The van der Waals surface area contributed by atoms with Crippen molar-refractivity contribution in [2.24, 2.45) is 35.0 Å². The topological polar surface area (TPSA) is 0 Å². The zero-order valence-electron chi connectivity index (χ0n) is 12.1. The summed E-state index contributed by atoms with van der Waals surface area (Å²) < 4.78 is 0. The first-order chi connectivity index (χ1) is 7.34. The van der Waals surface area contributed by atoms with Crippen molar-refractivity contribution in [2.75, 3.05) is 0 Å². The molecule has 0 amide bonds. The minimum Gasteiger partial charge on any atom is -0.103 e. The summed E-state index contributed by atoms with van der Waals surface area (Å²) in [6.07, 6.45) is 4.75. The first kappa shape index (κ1) is 13.8. The molecule has 0 N–H and O–H groups in total. The highest BCUT2D eigenvalue weighted by molar-refractivity contribution is 5.04. The van der Waals surface area contributed by atoms with Gasteiger partial charge in [-0.15, -0.1) is 6.58 Å². The fraction of sp³-hybridized carbons (Fsp3) is 0.875. The average Bonchev–Trinajstić information content (AvgIpc) is 2.74. The third-order valence-electron chi connectivity index (χ3n) is 4.98. The Hall–Kier alpha value is -0.260. The number of hydrogen-bond donors (Lipinski definition) is 0. The maximum Gasteiger partial charge on any atom is -0.0263 e. The third-order valence-corrected chi connectivity index (χ3v) is 4.98. The Morgan fingerprint density at radius 3 is 1.94 bits per heavy atom. The minimum absolute atomic E-state index is 0.591. The zero-order chi connectivity index (χ0) is 12.5. The molecule has 1 aliphatic rings. The lowest BCUT2D eigenvalue weighted by Gasteiger charge is -2.37. The Labute approximate surface area is 103 Å². The SMILES string of the molecule is C=CCC(C(C(C)C)C(C)C)C1(C)CC1C. The Morgan fingerprint density at radius 2 is 1.69 bits per heavy atom. The average molecular weight is 222 g/mol. The van der Waals surface area contributed by atoms with Crippen molar-refractivity contribution in [3.63, 3.8) is 0 Å². The van der Waals surface area contributed by atoms with Crippen molar-refractivity contribution in [1.29, 1.82) is 0 Å². The molecule has 94 valence electrons. The van der Waals surface area contributed by atoms with Crippen LogP contribution in [0.3, 0.4) is 0 Å². The van der Waals surface area contributed by atoms with Crippen LogP contribution in [0, 0.1) is 35.0 Å². The minimum atomic E-state index is 0.591. The van der Waals surface area contributed by atoms with Crippen LogP contribution < -0.4 is 0 Å². The number of allylic oxidation sites excluding steroid dienone is 1. The zero-order valence-corrected chi connectivity index (χ0v) is 12.1. The second kappa shape index (κ2) is 4.94. The number of hydrogen-bond acceptors (Lipinski definition) is 0. The van der Waals surface area contributed by atoms with Gasteiger partial charge < -0.3 is 0 Å². The van der Waals surface area contributed by atoms with Gasteiger partial charge in [-0.05, 0) is 47.8 Å². The predicted octanol–water partition coefficient (Wildman–Crippen LogP) is 5.15. The molecule has 0 spiro atoms. The Morgan fingerprint density at radius 1 is 1.25 bits per heavy atom. The molecule has 0 aromatic rings. The van der Waals surface area contributed by atoms with Gasteiger partial charge in [0.25, 0.3) is 0 Å². The molecule has 0 radical (unpaired) electrons. The third kappa shape index (κ3) is 2.52. The Balaban J connectivity index is 2.87. The molecule has 0 aliphatic heterocycles. The van der Waals surface area contributed by atoms with Gasteiger partial charge in [0.2, 0.25) is 0 Å². The molecule has 0 aromatic carbocycles. The first-order valence-corrected chi connectivity index (χ1v) is 6.95. The monoisotopic (exact) mass is 222 g/mol. The smallest absolute Gasteiger partial charge is 0.0263 e. The highest BCUT2D eigenvalue weighted by Crippen LogP contribution is 2.61. The highest BCUT2D eigenvalue weighted by atomic mass is 14.6. The van der Waals surface area contributed by atoms with Gasteiger partial charge in [0, 0.05) is 0 Å². The maximum atomic E-state index is 3.97. The summed E-state index contributed by atoms with van der Waals surface area (Å²) in [6.45, 7) is 18.4. The molecule has 0 heterocycles. The molecular weight excluding hydrogens is 192 g/mol. The van der Waals surface area contributed by atoms with E-state index in [0.717, 1.165) is 29.6 Å². The van der Waals surface area contributed by atoms with Gasteiger partial charge in [-0.2, -0.15) is 0 Å². The highest BCUT2D eigenvalue weighted by Gasteiger charge is 2.54. The van der Waals surface area contributed by atoms with Crippen LogP contribution in [0.4, 0.5) is 0 Å². The predicted molar refractivity (Wildman–Crippen MR) is 73.4 cm³/mol. The van der Waals surface area contributed by atoms with Gasteiger partial charge in [-0.25, -0.2) is 0 Å². The van der Waals surface area contributed by atoms with Crippen molar-refractivity contribution in [2.45, 2.75) is 54.4 Å². The molecule has 0 heteroatoms. The molecule has 16 heavy (non-hydrogen) atoms. The number of rotatable bonds is 6. The van der Waals surface area contributed by atoms with E-state index in [0.29, 0.717) is 5.41 Å². The van der Waals surface area contributed by atoms with Gasteiger partial charge in [0.05, 0.1) is 0 Å². The van der Waals surface area contributed by atoms with Crippen molar-refractivity contribution < 1.29 is 0 Å². The lowest BCUT2D eigenvalue weighted by atomic mass is 9.67. The molecule has 0 aromatic heterocycles. The Kier molecular flexibility index (Phi) is 4.26. The van der Waals surface area contributed by atoms with Gasteiger partial charge in [-0.1, -0.05) is 47.6 Å². The van der Waals surface area contributed by atoms with Gasteiger partial charge >= 0.3 is 0 Å². The van der Waals surface area contributed by atoms with E-state index < -0.39 is 0 Å². The second-order valence-corrected chi connectivity index (χ2v) is 6.81. The van der Waals surface area contributed by atoms with Crippen LogP contribution in [-0.2, 0) is 0 Å². The van der Waals surface area contributed by atoms with E-state index in [1.165, 1.54) is 12.8 Å². The van der Waals surface area contributed by atoms with E-state index >= 15 is 0 Å². The van der Waals surface area contributed by atoms with Crippen molar-refractivity contribution in [3.05, 3.63) is 12.7 Å². The summed E-state index contributed by atoms with van der Waals surface area (Å²) in [6, 6.07) is 0. The van der Waals surface area contributed by atoms with E-state index in [-0.39, 0.29) is 0 Å². The molecule has 1 aliphatic carbocycles. The fourth-order valence-electron chi connectivity index (χ4n) is 3.86. The van der Waals surface area contributed by atoms with Crippen LogP contribution in [-0.4, -0.2) is 0 Å². The van der Waals surface area contributed by atoms with Crippen molar-refractivity contribution in [3.8, 4) is 0 Å².